The van der Waals surface area contributed by atoms with Gasteiger partial charge in [-0.1, -0.05) is 18.9 Å². The van der Waals surface area contributed by atoms with Crippen LogP contribution in [0.1, 0.15) is 19.7 Å². The molecule has 0 aromatic carbocycles. The first-order valence-corrected chi connectivity index (χ1v) is 5.96. The van der Waals surface area contributed by atoms with E-state index in [0.717, 1.165) is 0 Å². The van der Waals surface area contributed by atoms with Gasteiger partial charge in [0.2, 0.25) is 5.89 Å². The number of aromatic nitrogens is 2. The number of rotatable bonds is 8. The average molecular weight is 258 g/mol. The van der Waals surface area contributed by atoms with Crippen molar-refractivity contribution in [1.82, 2.24) is 15.5 Å². The zero-order valence-electron chi connectivity index (χ0n) is 11.4. The highest BCUT2D eigenvalue weighted by Crippen LogP contribution is 2.10. The van der Waals surface area contributed by atoms with Crippen LogP contribution in [0.2, 0.25) is 0 Å². The van der Waals surface area contributed by atoms with Crippen molar-refractivity contribution in [2.45, 2.75) is 32.5 Å². The Morgan fingerprint density at radius 1 is 1.44 bits per heavy atom. The Balaban J connectivity index is 2.46. The summed E-state index contributed by atoms with van der Waals surface area (Å²) in [5, 5.41) is 20.6. The van der Waals surface area contributed by atoms with Crippen LogP contribution in [0.5, 0.6) is 0 Å². The highest BCUT2D eigenvalue weighted by Gasteiger charge is 2.14. The number of hydrogen-bond acceptors (Lipinski definition) is 7. The number of likely N-dealkylation sites (N-methyl/N-ethyl adjacent to an activating group) is 1. The predicted molar refractivity (Wildman–Crippen MR) is 67.4 cm³/mol. The van der Waals surface area contributed by atoms with Crippen LogP contribution in [0, 0.1) is 0 Å². The third-order valence-corrected chi connectivity index (χ3v) is 2.29. The number of anilines is 1. The lowest BCUT2D eigenvalue weighted by molar-refractivity contribution is 0.0689. The molecule has 7 nitrogen and oxygen atoms in total. The van der Waals surface area contributed by atoms with E-state index in [1.807, 2.05) is 13.8 Å². The van der Waals surface area contributed by atoms with Crippen molar-refractivity contribution in [1.29, 1.82) is 0 Å². The minimum atomic E-state index is -0.580. The fraction of sp³-hybridized carbons (Fsp3) is 0.818. The first-order valence-electron chi connectivity index (χ1n) is 5.96. The van der Waals surface area contributed by atoms with Crippen LogP contribution < -0.4 is 10.2 Å². The molecule has 1 rings (SSSR count). The lowest BCUT2D eigenvalue weighted by atomic mass is 10.3. The summed E-state index contributed by atoms with van der Waals surface area (Å²) in [7, 11) is 3.33. The van der Waals surface area contributed by atoms with Gasteiger partial charge in [0.15, 0.2) is 0 Å². The van der Waals surface area contributed by atoms with E-state index in [0.29, 0.717) is 31.0 Å². The minimum absolute atomic E-state index is 0.278. The van der Waals surface area contributed by atoms with Crippen molar-refractivity contribution in [2.75, 3.05) is 32.2 Å². The van der Waals surface area contributed by atoms with Crippen molar-refractivity contribution in [3.63, 3.8) is 0 Å². The van der Waals surface area contributed by atoms with Gasteiger partial charge in [0.1, 0.15) is 0 Å². The summed E-state index contributed by atoms with van der Waals surface area (Å²) in [4.78, 5) is 1.70. The van der Waals surface area contributed by atoms with Crippen molar-refractivity contribution >= 4 is 6.01 Å². The number of methoxy groups -OCH3 is 1. The van der Waals surface area contributed by atoms with Crippen molar-refractivity contribution in [3.05, 3.63) is 5.89 Å². The zero-order chi connectivity index (χ0) is 13.5. The summed E-state index contributed by atoms with van der Waals surface area (Å²) in [5.74, 6) is 0.534. The number of aliphatic hydroxyl groups is 1. The standard InChI is InChI=1S/C11H22N4O3/c1-8(2)12-5-10-13-14-11(18-10)15(3)6-9(16)7-17-4/h8-9,12,16H,5-7H2,1-4H3. The maximum Gasteiger partial charge on any atom is 0.318 e. The van der Waals surface area contributed by atoms with E-state index in [1.165, 1.54) is 0 Å². The van der Waals surface area contributed by atoms with E-state index < -0.39 is 6.10 Å². The molecular formula is C11H22N4O3. The van der Waals surface area contributed by atoms with Crippen molar-refractivity contribution in [2.24, 2.45) is 0 Å². The topological polar surface area (TPSA) is 83.7 Å². The number of nitrogens with one attached hydrogen (secondary N) is 1. The molecule has 1 aromatic rings. The van der Waals surface area contributed by atoms with Crippen molar-refractivity contribution in [3.8, 4) is 0 Å². The van der Waals surface area contributed by atoms with Gasteiger partial charge in [-0.15, -0.1) is 5.10 Å². The fourth-order valence-corrected chi connectivity index (χ4v) is 1.40. The molecule has 1 aromatic heterocycles. The van der Waals surface area contributed by atoms with Crippen LogP contribution in [0.4, 0.5) is 6.01 Å². The summed E-state index contributed by atoms with van der Waals surface area (Å²) in [6, 6.07) is 0.757. The molecule has 0 aliphatic heterocycles. The van der Waals surface area contributed by atoms with Crippen molar-refractivity contribution < 1.29 is 14.3 Å². The predicted octanol–water partition coefficient (Wildman–Crippen LogP) is 0.0111. The molecule has 104 valence electrons. The molecule has 0 amide bonds. The first kappa shape index (κ1) is 14.9. The van der Waals surface area contributed by atoms with Gasteiger partial charge < -0.3 is 24.5 Å². The van der Waals surface area contributed by atoms with Crippen LogP contribution in [0.3, 0.4) is 0 Å². The van der Waals surface area contributed by atoms with E-state index in [-0.39, 0.29) is 6.61 Å². The van der Waals surface area contributed by atoms with Gasteiger partial charge in [0, 0.05) is 20.2 Å². The van der Waals surface area contributed by atoms with E-state index in [4.69, 9.17) is 9.15 Å². The van der Waals surface area contributed by atoms with Gasteiger partial charge in [0.05, 0.1) is 25.8 Å². The molecule has 0 fully saturated rings. The van der Waals surface area contributed by atoms with Gasteiger partial charge in [-0.2, -0.15) is 0 Å². The van der Waals surface area contributed by atoms with Crippen LogP contribution in [-0.2, 0) is 11.3 Å². The van der Waals surface area contributed by atoms with Gasteiger partial charge >= 0.3 is 6.01 Å². The Labute approximate surface area is 107 Å². The molecule has 1 atom stereocenters. The second-order valence-electron chi connectivity index (χ2n) is 4.50. The Morgan fingerprint density at radius 2 is 2.17 bits per heavy atom. The summed E-state index contributed by atoms with van der Waals surface area (Å²) in [5.41, 5.74) is 0. The average Bonchev–Trinajstić information content (AvgIpc) is 2.75. The highest BCUT2D eigenvalue weighted by atomic mass is 16.5. The summed E-state index contributed by atoms with van der Waals surface area (Å²) >= 11 is 0. The van der Waals surface area contributed by atoms with E-state index in [1.54, 1.807) is 19.1 Å². The molecule has 0 saturated heterocycles. The van der Waals surface area contributed by atoms with Gasteiger partial charge in [-0.3, -0.25) is 0 Å². The lowest BCUT2D eigenvalue weighted by Gasteiger charge is -2.17. The maximum absolute atomic E-state index is 9.59. The van der Waals surface area contributed by atoms with Crippen LogP contribution in [0.15, 0.2) is 4.42 Å². The minimum Gasteiger partial charge on any atom is -0.407 e. The number of hydrogen-bond donors (Lipinski definition) is 2. The fourth-order valence-electron chi connectivity index (χ4n) is 1.40. The highest BCUT2D eigenvalue weighted by molar-refractivity contribution is 5.22. The van der Waals surface area contributed by atoms with Gasteiger partial charge in [-0.25, -0.2) is 0 Å². The summed E-state index contributed by atoms with van der Waals surface area (Å²) in [6.45, 7) is 5.29. The molecule has 0 aliphatic rings. The molecule has 0 saturated carbocycles. The van der Waals surface area contributed by atoms with Crippen LogP contribution in [-0.4, -0.2) is 54.8 Å². The monoisotopic (exact) mass is 258 g/mol. The smallest absolute Gasteiger partial charge is 0.318 e. The second-order valence-corrected chi connectivity index (χ2v) is 4.50. The van der Waals surface area contributed by atoms with E-state index in [2.05, 4.69) is 15.5 Å². The Kier molecular flexibility index (Phi) is 6.03. The summed E-state index contributed by atoms with van der Waals surface area (Å²) in [6.07, 6.45) is -0.580. The SMILES string of the molecule is COCC(O)CN(C)c1nnc(CNC(C)C)o1. The third kappa shape index (κ3) is 4.99. The molecular weight excluding hydrogens is 236 g/mol. The number of ether oxygens (including phenoxy) is 1. The maximum atomic E-state index is 9.59. The van der Waals surface area contributed by atoms with Gasteiger partial charge in [0.25, 0.3) is 0 Å². The largest absolute Gasteiger partial charge is 0.407 e. The molecule has 2 N–H and O–H groups in total. The zero-order valence-corrected chi connectivity index (χ0v) is 11.4. The number of aliphatic hydroxyl groups excluding tert-OH is 1. The van der Waals surface area contributed by atoms with E-state index >= 15 is 0 Å². The molecule has 0 radical (unpaired) electrons. The first-order chi connectivity index (χ1) is 8.52. The normalized spacial score (nSPS) is 13.0. The van der Waals surface area contributed by atoms with E-state index in [9.17, 15) is 5.11 Å². The summed E-state index contributed by atoms with van der Waals surface area (Å²) < 4.78 is 10.3. The second kappa shape index (κ2) is 7.30. The van der Waals surface area contributed by atoms with Gasteiger partial charge in [-0.05, 0) is 0 Å². The molecule has 18 heavy (non-hydrogen) atoms. The molecule has 0 aliphatic carbocycles. The van der Waals surface area contributed by atoms with Crippen LogP contribution in [0.25, 0.3) is 0 Å². The lowest BCUT2D eigenvalue weighted by Crippen LogP contribution is -2.32. The Morgan fingerprint density at radius 3 is 2.78 bits per heavy atom. The third-order valence-electron chi connectivity index (χ3n) is 2.29. The quantitative estimate of drug-likeness (QED) is 0.679. The molecule has 0 bridgehead atoms. The molecule has 1 heterocycles. The molecule has 0 spiro atoms. The number of nitrogens with zero attached hydrogens (tertiary/aromatic N) is 3. The molecule has 1 unspecified atom stereocenters. The Hall–Kier alpha value is -1.18. The van der Waals surface area contributed by atoms with Crippen LogP contribution >= 0.6 is 0 Å². The molecule has 7 heteroatoms. The Bertz CT molecular complexity index is 343.